The second kappa shape index (κ2) is 5.53. The molecule has 0 saturated heterocycles. The van der Waals surface area contributed by atoms with Crippen molar-refractivity contribution >= 4 is 27.5 Å². The van der Waals surface area contributed by atoms with Crippen LogP contribution in [0.5, 0.6) is 0 Å². The molecule has 1 aliphatic carbocycles. The number of nitriles is 1. The van der Waals surface area contributed by atoms with Gasteiger partial charge in [0.15, 0.2) is 0 Å². The third-order valence-corrected chi connectivity index (χ3v) is 4.17. The molecule has 0 aliphatic heterocycles. The number of para-hydroxylation sites is 1. The predicted octanol–water partition coefficient (Wildman–Crippen LogP) is 3.86. The fourth-order valence-corrected chi connectivity index (χ4v) is 2.73. The maximum Gasteiger partial charge on any atom is 0.244 e. The fourth-order valence-electron chi connectivity index (χ4n) is 2.35. The van der Waals surface area contributed by atoms with Gasteiger partial charge >= 0.3 is 0 Å². The molecule has 1 saturated carbocycles. The molecule has 1 aromatic carbocycles. The molecule has 0 radical (unpaired) electrons. The molecule has 0 bridgehead atoms. The molecule has 1 amide bonds. The Balaban J connectivity index is 2.16. The van der Waals surface area contributed by atoms with Gasteiger partial charge in [-0.25, -0.2) is 0 Å². The van der Waals surface area contributed by atoms with Crippen LogP contribution in [0.15, 0.2) is 28.7 Å². The Labute approximate surface area is 115 Å². The van der Waals surface area contributed by atoms with Crippen LogP contribution >= 0.6 is 15.9 Å². The van der Waals surface area contributed by atoms with E-state index in [1.165, 1.54) is 0 Å². The molecule has 3 nitrogen and oxygen atoms in total. The molecule has 0 heterocycles. The van der Waals surface area contributed by atoms with Gasteiger partial charge in [0.1, 0.15) is 5.41 Å². The second-order valence-corrected chi connectivity index (χ2v) is 5.54. The Hall–Kier alpha value is -1.34. The Kier molecular flexibility index (Phi) is 4.03. The van der Waals surface area contributed by atoms with Crippen molar-refractivity contribution in [2.45, 2.75) is 32.1 Å². The molecule has 1 aliphatic rings. The predicted molar refractivity (Wildman–Crippen MR) is 73.9 cm³/mol. The summed E-state index contributed by atoms with van der Waals surface area (Å²) in [6, 6.07) is 9.68. The molecule has 2 rings (SSSR count). The largest absolute Gasteiger partial charge is 0.324 e. The molecule has 1 N–H and O–H groups in total. The van der Waals surface area contributed by atoms with Crippen LogP contribution in [0, 0.1) is 16.7 Å². The van der Waals surface area contributed by atoms with E-state index in [0.29, 0.717) is 12.8 Å². The zero-order chi connectivity index (χ0) is 13.0. The zero-order valence-electron chi connectivity index (χ0n) is 10.1. The average Bonchev–Trinajstić information content (AvgIpc) is 2.42. The first-order valence-electron chi connectivity index (χ1n) is 6.15. The number of carbonyl (C=O) groups excluding carboxylic acids is 1. The van der Waals surface area contributed by atoms with Crippen molar-refractivity contribution in [2.75, 3.05) is 5.32 Å². The number of hydrogen-bond donors (Lipinski definition) is 1. The number of amides is 1. The van der Waals surface area contributed by atoms with Crippen LogP contribution in [0.2, 0.25) is 0 Å². The van der Waals surface area contributed by atoms with Gasteiger partial charge in [0.05, 0.1) is 11.8 Å². The van der Waals surface area contributed by atoms with E-state index < -0.39 is 5.41 Å². The maximum absolute atomic E-state index is 12.3. The monoisotopic (exact) mass is 306 g/mol. The number of anilines is 1. The van der Waals surface area contributed by atoms with Crippen LogP contribution in [0.1, 0.15) is 32.1 Å². The van der Waals surface area contributed by atoms with Crippen molar-refractivity contribution < 1.29 is 4.79 Å². The minimum Gasteiger partial charge on any atom is -0.324 e. The third kappa shape index (κ3) is 2.56. The van der Waals surface area contributed by atoms with Gasteiger partial charge in [-0.05, 0) is 40.9 Å². The molecule has 0 unspecified atom stereocenters. The third-order valence-electron chi connectivity index (χ3n) is 3.48. The quantitative estimate of drug-likeness (QED) is 0.902. The van der Waals surface area contributed by atoms with E-state index in [1.807, 2.05) is 24.3 Å². The van der Waals surface area contributed by atoms with Crippen LogP contribution in [0.3, 0.4) is 0 Å². The van der Waals surface area contributed by atoms with Crippen molar-refractivity contribution in [3.05, 3.63) is 28.7 Å². The first-order chi connectivity index (χ1) is 8.68. The van der Waals surface area contributed by atoms with E-state index in [4.69, 9.17) is 0 Å². The number of hydrogen-bond acceptors (Lipinski definition) is 2. The topological polar surface area (TPSA) is 52.9 Å². The summed E-state index contributed by atoms with van der Waals surface area (Å²) >= 11 is 3.39. The summed E-state index contributed by atoms with van der Waals surface area (Å²) in [5.41, 5.74) is -0.115. The van der Waals surface area contributed by atoms with E-state index in [9.17, 15) is 10.1 Å². The smallest absolute Gasteiger partial charge is 0.244 e. The molecule has 1 aromatic rings. The van der Waals surface area contributed by atoms with Gasteiger partial charge in [-0.1, -0.05) is 31.4 Å². The highest BCUT2D eigenvalue weighted by Crippen LogP contribution is 2.37. The number of rotatable bonds is 2. The van der Waals surface area contributed by atoms with Gasteiger partial charge in [0.2, 0.25) is 5.91 Å². The number of carbonyl (C=O) groups is 1. The van der Waals surface area contributed by atoms with Gasteiger partial charge in [-0.3, -0.25) is 4.79 Å². The van der Waals surface area contributed by atoms with E-state index >= 15 is 0 Å². The summed E-state index contributed by atoms with van der Waals surface area (Å²) in [4.78, 5) is 12.3. The number of nitrogens with zero attached hydrogens (tertiary/aromatic N) is 1. The van der Waals surface area contributed by atoms with E-state index in [1.54, 1.807) is 0 Å². The fraction of sp³-hybridized carbons (Fsp3) is 0.429. The van der Waals surface area contributed by atoms with E-state index in [-0.39, 0.29) is 5.91 Å². The van der Waals surface area contributed by atoms with Crippen molar-refractivity contribution in [2.24, 2.45) is 5.41 Å². The van der Waals surface area contributed by atoms with Crippen LogP contribution in [-0.2, 0) is 4.79 Å². The average molecular weight is 307 g/mol. The van der Waals surface area contributed by atoms with E-state index in [0.717, 1.165) is 29.4 Å². The summed E-state index contributed by atoms with van der Waals surface area (Å²) in [5, 5.41) is 12.2. The molecular formula is C14H15BrN2O. The minimum atomic E-state index is -0.840. The lowest BCUT2D eigenvalue weighted by Crippen LogP contribution is -2.36. The van der Waals surface area contributed by atoms with Gasteiger partial charge in [0.25, 0.3) is 0 Å². The molecule has 94 valence electrons. The van der Waals surface area contributed by atoms with Crippen molar-refractivity contribution in [1.82, 2.24) is 0 Å². The number of benzene rings is 1. The number of halogens is 1. The summed E-state index contributed by atoms with van der Waals surface area (Å²) in [7, 11) is 0. The highest BCUT2D eigenvalue weighted by Gasteiger charge is 2.39. The molecule has 0 aromatic heterocycles. The molecule has 0 spiro atoms. The summed E-state index contributed by atoms with van der Waals surface area (Å²) in [6.07, 6.45) is 4.36. The zero-order valence-corrected chi connectivity index (χ0v) is 11.7. The van der Waals surface area contributed by atoms with Gasteiger partial charge in [-0.15, -0.1) is 0 Å². The van der Waals surface area contributed by atoms with Crippen LogP contribution in [0.25, 0.3) is 0 Å². The summed E-state index contributed by atoms with van der Waals surface area (Å²) in [5.74, 6) is -0.170. The lowest BCUT2D eigenvalue weighted by Gasteiger charge is -2.29. The van der Waals surface area contributed by atoms with Crippen LogP contribution in [0.4, 0.5) is 5.69 Å². The lowest BCUT2D eigenvalue weighted by molar-refractivity contribution is -0.124. The highest BCUT2D eigenvalue weighted by atomic mass is 79.9. The van der Waals surface area contributed by atoms with Crippen LogP contribution in [-0.4, -0.2) is 5.91 Å². The number of nitrogens with one attached hydrogen (secondary N) is 1. The van der Waals surface area contributed by atoms with Crippen molar-refractivity contribution in [3.8, 4) is 6.07 Å². The molecule has 0 atom stereocenters. The van der Waals surface area contributed by atoms with Gasteiger partial charge in [-0.2, -0.15) is 5.26 Å². The molecule has 1 fully saturated rings. The minimum absolute atomic E-state index is 0.170. The first-order valence-corrected chi connectivity index (χ1v) is 6.94. The maximum atomic E-state index is 12.3. The second-order valence-electron chi connectivity index (χ2n) is 4.69. The Morgan fingerprint density at radius 1 is 1.28 bits per heavy atom. The molecular weight excluding hydrogens is 292 g/mol. The Morgan fingerprint density at radius 3 is 2.56 bits per heavy atom. The summed E-state index contributed by atoms with van der Waals surface area (Å²) in [6.45, 7) is 0. The molecule has 4 heteroatoms. The Bertz CT molecular complexity index is 487. The van der Waals surface area contributed by atoms with Crippen molar-refractivity contribution in [3.63, 3.8) is 0 Å². The lowest BCUT2D eigenvalue weighted by atomic mass is 9.74. The van der Waals surface area contributed by atoms with E-state index in [2.05, 4.69) is 27.3 Å². The van der Waals surface area contributed by atoms with Gasteiger partial charge < -0.3 is 5.32 Å². The van der Waals surface area contributed by atoms with Crippen LogP contribution < -0.4 is 5.32 Å². The Morgan fingerprint density at radius 2 is 1.94 bits per heavy atom. The standard InChI is InChI=1S/C14H15BrN2O/c15-11-6-2-3-7-12(11)17-13(18)14(10-16)8-4-1-5-9-14/h2-3,6-7H,1,4-5,8-9H2,(H,17,18). The summed E-state index contributed by atoms with van der Waals surface area (Å²) < 4.78 is 0.835. The first kappa shape index (κ1) is 13.1. The molecule has 18 heavy (non-hydrogen) atoms. The van der Waals surface area contributed by atoms with Crippen molar-refractivity contribution in [1.29, 1.82) is 5.26 Å². The van der Waals surface area contributed by atoms with Gasteiger partial charge in [0, 0.05) is 4.47 Å². The SMILES string of the molecule is N#CC1(C(=O)Nc2ccccc2Br)CCCCC1. The highest BCUT2D eigenvalue weighted by molar-refractivity contribution is 9.10. The normalized spacial score (nSPS) is 17.8.